The van der Waals surface area contributed by atoms with Gasteiger partial charge in [0.25, 0.3) is 0 Å². The van der Waals surface area contributed by atoms with Gasteiger partial charge < -0.3 is 15.3 Å². The maximum Gasteiger partial charge on any atom is 0.317 e. The number of sulfonamides is 1. The van der Waals surface area contributed by atoms with Crippen LogP contribution in [0, 0.1) is 0 Å². The summed E-state index contributed by atoms with van der Waals surface area (Å²) in [5.74, 6) is -1.29. The minimum absolute atomic E-state index is 0.0921. The zero-order chi connectivity index (χ0) is 16.1. The van der Waals surface area contributed by atoms with Crippen LogP contribution in [-0.4, -0.2) is 55.3 Å². The number of hydrogen-bond acceptors (Lipinski definition) is 4. The zero-order valence-corrected chi connectivity index (χ0v) is 13.0. The molecule has 1 aliphatic rings. The molecule has 4 N–H and O–H groups in total. The lowest BCUT2D eigenvalue weighted by atomic mass is 9.78. The number of nitrogens with two attached hydrogens (primary N) is 1. The van der Waals surface area contributed by atoms with Crippen molar-refractivity contribution in [1.29, 1.82) is 0 Å². The third-order valence-corrected chi connectivity index (χ3v) is 4.72. The van der Waals surface area contributed by atoms with E-state index in [-0.39, 0.29) is 18.7 Å². The molecule has 0 unspecified atom stereocenters. The van der Waals surface area contributed by atoms with Gasteiger partial charge in [0.1, 0.15) is 0 Å². The van der Waals surface area contributed by atoms with Gasteiger partial charge in [-0.25, -0.2) is 18.4 Å². The number of nitrogens with one attached hydrogen (secondary N) is 1. The average Bonchev–Trinajstić information content (AvgIpc) is 2.36. The third-order valence-electron chi connectivity index (χ3n) is 3.94. The molecule has 0 atom stereocenters. The van der Waals surface area contributed by atoms with Crippen molar-refractivity contribution in [2.75, 3.05) is 19.3 Å². The van der Waals surface area contributed by atoms with Crippen LogP contribution in [-0.2, 0) is 14.8 Å². The molecule has 1 aliphatic carbocycles. The summed E-state index contributed by atoms with van der Waals surface area (Å²) in [6, 6.07) is -0.471. The standard InChI is InChI=1S/C12H23N3O5S/c1-15(11(18)14-7-8-21(13,19)20)12(9-10(16)17)5-3-2-4-6-12/h2-9H2,1H3,(H,14,18)(H,16,17)(H2,13,19,20). The van der Waals surface area contributed by atoms with Crippen LogP contribution in [0.3, 0.4) is 0 Å². The van der Waals surface area contributed by atoms with Crippen molar-refractivity contribution in [3.8, 4) is 0 Å². The number of primary sulfonamides is 1. The first-order valence-electron chi connectivity index (χ1n) is 6.90. The Bertz CT molecular complexity index is 485. The van der Waals surface area contributed by atoms with Gasteiger partial charge in [-0.2, -0.15) is 0 Å². The summed E-state index contributed by atoms with van der Waals surface area (Å²) in [7, 11) is -2.08. The van der Waals surface area contributed by atoms with E-state index >= 15 is 0 Å². The molecular formula is C12H23N3O5S. The lowest BCUT2D eigenvalue weighted by Crippen LogP contribution is -2.55. The van der Waals surface area contributed by atoms with Crippen molar-refractivity contribution in [1.82, 2.24) is 10.2 Å². The Kier molecular flexibility index (Phi) is 5.97. The fourth-order valence-corrected chi connectivity index (χ4v) is 3.14. The molecule has 0 spiro atoms. The topological polar surface area (TPSA) is 130 Å². The van der Waals surface area contributed by atoms with E-state index < -0.39 is 27.6 Å². The van der Waals surface area contributed by atoms with Gasteiger partial charge in [-0.15, -0.1) is 0 Å². The highest BCUT2D eigenvalue weighted by Gasteiger charge is 2.40. The molecule has 0 aliphatic heterocycles. The number of hydrogen-bond donors (Lipinski definition) is 3. The highest BCUT2D eigenvalue weighted by atomic mass is 32.2. The van der Waals surface area contributed by atoms with Crippen LogP contribution in [0.4, 0.5) is 4.79 Å². The number of urea groups is 1. The number of carboxylic acids is 1. The van der Waals surface area contributed by atoms with Crippen LogP contribution >= 0.6 is 0 Å². The van der Waals surface area contributed by atoms with Crippen LogP contribution in [0.2, 0.25) is 0 Å². The SMILES string of the molecule is CN(C(=O)NCCS(N)(=O)=O)C1(CC(=O)O)CCCCC1. The quantitative estimate of drug-likeness (QED) is 0.638. The molecule has 122 valence electrons. The van der Waals surface area contributed by atoms with E-state index in [1.165, 1.54) is 4.90 Å². The number of amides is 2. The van der Waals surface area contributed by atoms with E-state index in [0.717, 1.165) is 19.3 Å². The molecule has 0 aromatic carbocycles. The molecule has 1 fully saturated rings. The fourth-order valence-electron chi connectivity index (χ4n) is 2.76. The first kappa shape index (κ1) is 17.7. The van der Waals surface area contributed by atoms with Crippen molar-refractivity contribution in [3.63, 3.8) is 0 Å². The minimum Gasteiger partial charge on any atom is -0.481 e. The van der Waals surface area contributed by atoms with Crippen molar-refractivity contribution in [2.24, 2.45) is 5.14 Å². The van der Waals surface area contributed by atoms with Crippen molar-refractivity contribution >= 4 is 22.0 Å². The second kappa shape index (κ2) is 7.08. The summed E-state index contributed by atoms with van der Waals surface area (Å²) in [6.07, 6.45) is 3.95. The maximum absolute atomic E-state index is 12.1. The first-order chi connectivity index (χ1) is 9.66. The van der Waals surface area contributed by atoms with Crippen molar-refractivity contribution in [2.45, 2.75) is 44.1 Å². The second-order valence-corrected chi connectivity index (χ2v) is 7.25. The number of nitrogens with zero attached hydrogens (tertiary/aromatic N) is 1. The Hall–Kier alpha value is -1.35. The monoisotopic (exact) mass is 321 g/mol. The largest absolute Gasteiger partial charge is 0.481 e. The molecule has 0 aromatic rings. The molecule has 8 nitrogen and oxygen atoms in total. The molecule has 1 rings (SSSR count). The number of rotatable bonds is 6. The van der Waals surface area contributed by atoms with Gasteiger partial charge in [0, 0.05) is 13.6 Å². The van der Waals surface area contributed by atoms with Crippen molar-refractivity contribution < 1.29 is 23.1 Å². The predicted octanol–water partition coefficient (Wildman–Crippen LogP) is 0.0939. The van der Waals surface area contributed by atoms with Crippen LogP contribution in [0.5, 0.6) is 0 Å². The van der Waals surface area contributed by atoms with Gasteiger partial charge in [-0.05, 0) is 12.8 Å². The Morgan fingerprint density at radius 2 is 1.86 bits per heavy atom. The Morgan fingerprint density at radius 3 is 2.33 bits per heavy atom. The molecule has 0 radical (unpaired) electrons. The van der Waals surface area contributed by atoms with E-state index in [1.807, 2.05) is 0 Å². The number of carboxylic acid groups (broad SMARTS) is 1. The van der Waals surface area contributed by atoms with Crippen LogP contribution < -0.4 is 10.5 Å². The Labute approximate surface area is 124 Å². The van der Waals surface area contributed by atoms with E-state index in [4.69, 9.17) is 10.2 Å². The number of carbonyl (C=O) groups excluding carboxylic acids is 1. The summed E-state index contributed by atoms with van der Waals surface area (Å²) < 4.78 is 21.7. The van der Waals surface area contributed by atoms with Gasteiger partial charge in [-0.1, -0.05) is 19.3 Å². The summed E-state index contributed by atoms with van der Waals surface area (Å²) in [5.41, 5.74) is -0.699. The maximum atomic E-state index is 12.1. The first-order valence-corrected chi connectivity index (χ1v) is 8.62. The Balaban J connectivity index is 2.68. The highest BCUT2D eigenvalue weighted by Crippen LogP contribution is 2.35. The van der Waals surface area contributed by atoms with Crippen molar-refractivity contribution in [3.05, 3.63) is 0 Å². The van der Waals surface area contributed by atoms with E-state index in [9.17, 15) is 18.0 Å². The molecule has 1 saturated carbocycles. The van der Waals surface area contributed by atoms with Crippen LogP contribution in [0.1, 0.15) is 38.5 Å². The van der Waals surface area contributed by atoms with Crippen LogP contribution in [0.25, 0.3) is 0 Å². The molecular weight excluding hydrogens is 298 g/mol. The molecule has 0 aromatic heterocycles. The summed E-state index contributed by atoms with van der Waals surface area (Å²) in [6.45, 7) is -0.0921. The molecule has 0 bridgehead atoms. The van der Waals surface area contributed by atoms with Gasteiger partial charge in [-0.3, -0.25) is 4.79 Å². The molecule has 21 heavy (non-hydrogen) atoms. The normalized spacial score (nSPS) is 18.0. The van der Waals surface area contributed by atoms with Gasteiger partial charge in [0.15, 0.2) is 0 Å². The van der Waals surface area contributed by atoms with Crippen LogP contribution in [0.15, 0.2) is 0 Å². The summed E-state index contributed by atoms with van der Waals surface area (Å²) in [4.78, 5) is 24.6. The third kappa shape index (κ3) is 5.50. The molecule has 9 heteroatoms. The van der Waals surface area contributed by atoms with Gasteiger partial charge in [0.05, 0.1) is 17.7 Å². The Morgan fingerprint density at radius 1 is 1.29 bits per heavy atom. The second-order valence-electron chi connectivity index (χ2n) is 5.51. The fraction of sp³-hybridized carbons (Fsp3) is 0.833. The predicted molar refractivity (Wildman–Crippen MR) is 77.2 cm³/mol. The van der Waals surface area contributed by atoms with Gasteiger partial charge >= 0.3 is 12.0 Å². The average molecular weight is 321 g/mol. The zero-order valence-electron chi connectivity index (χ0n) is 12.2. The lowest BCUT2D eigenvalue weighted by molar-refractivity contribution is -0.140. The molecule has 2 amide bonds. The van der Waals surface area contributed by atoms with E-state index in [0.29, 0.717) is 12.8 Å². The summed E-state index contributed by atoms with van der Waals surface area (Å²) in [5, 5.41) is 16.4. The molecule has 0 saturated heterocycles. The highest BCUT2D eigenvalue weighted by molar-refractivity contribution is 7.89. The minimum atomic E-state index is -3.63. The molecule has 0 heterocycles. The number of carbonyl (C=O) groups is 2. The van der Waals surface area contributed by atoms with E-state index in [1.54, 1.807) is 7.05 Å². The summed E-state index contributed by atoms with van der Waals surface area (Å²) >= 11 is 0. The number of aliphatic carboxylic acids is 1. The van der Waals surface area contributed by atoms with Gasteiger partial charge in [0.2, 0.25) is 10.0 Å². The smallest absolute Gasteiger partial charge is 0.317 e. The lowest BCUT2D eigenvalue weighted by Gasteiger charge is -2.43. The van der Waals surface area contributed by atoms with E-state index in [2.05, 4.69) is 5.32 Å².